The van der Waals surface area contributed by atoms with Gasteiger partial charge in [0, 0.05) is 4.88 Å². The molecule has 0 saturated carbocycles. The largest absolute Gasteiger partial charge is 0.492 e. The average Bonchev–Trinajstić information content (AvgIpc) is 2.92. The number of ether oxygens (including phenoxy) is 1. The zero-order valence-electron chi connectivity index (χ0n) is 10.8. The third-order valence-electron chi connectivity index (χ3n) is 2.81. The predicted molar refractivity (Wildman–Crippen MR) is 78.6 cm³/mol. The molecule has 18 heavy (non-hydrogen) atoms. The number of hydrogen-bond acceptors (Lipinski definition) is 3. The summed E-state index contributed by atoms with van der Waals surface area (Å²) in [5, 5.41) is 5.69. The maximum absolute atomic E-state index is 5.64. The molecule has 1 aromatic heterocycles. The van der Waals surface area contributed by atoms with Gasteiger partial charge in [0.15, 0.2) is 0 Å². The average molecular weight is 261 g/mol. The number of para-hydroxylation sites is 2. The van der Waals surface area contributed by atoms with Crippen LogP contribution in [0.2, 0.25) is 0 Å². The third kappa shape index (κ3) is 3.05. The van der Waals surface area contributed by atoms with Crippen LogP contribution in [-0.2, 0) is 0 Å². The van der Waals surface area contributed by atoms with Crippen LogP contribution in [0, 0.1) is 0 Å². The van der Waals surface area contributed by atoms with Gasteiger partial charge in [-0.1, -0.05) is 25.1 Å². The van der Waals surface area contributed by atoms with Crippen LogP contribution >= 0.6 is 11.3 Å². The van der Waals surface area contributed by atoms with Crippen LogP contribution in [0.5, 0.6) is 5.75 Å². The van der Waals surface area contributed by atoms with E-state index in [2.05, 4.69) is 35.8 Å². The Kier molecular flexibility index (Phi) is 4.65. The maximum atomic E-state index is 5.64. The normalized spacial score (nSPS) is 12.1. The lowest BCUT2D eigenvalue weighted by atomic mass is 10.1. The summed E-state index contributed by atoms with van der Waals surface area (Å²) in [5.74, 6) is 0.926. The second-order valence-electron chi connectivity index (χ2n) is 4.05. The van der Waals surface area contributed by atoms with Crippen LogP contribution < -0.4 is 10.1 Å². The number of anilines is 1. The lowest BCUT2D eigenvalue weighted by molar-refractivity contribution is 0.341. The van der Waals surface area contributed by atoms with Crippen LogP contribution in [0.15, 0.2) is 41.8 Å². The molecule has 0 fully saturated rings. The van der Waals surface area contributed by atoms with Crippen LogP contribution in [-0.4, -0.2) is 6.61 Å². The fourth-order valence-electron chi connectivity index (χ4n) is 1.92. The fraction of sp³-hybridized carbons (Fsp3) is 0.333. The first-order valence-electron chi connectivity index (χ1n) is 6.37. The van der Waals surface area contributed by atoms with Crippen molar-refractivity contribution < 1.29 is 4.74 Å². The van der Waals surface area contributed by atoms with Crippen molar-refractivity contribution in [3.63, 3.8) is 0 Å². The zero-order chi connectivity index (χ0) is 12.8. The van der Waals surface area contributed by atoms with Gasteiger partial charge in [-0.25, -0.2) is 0 Å². The van der Waals surface area contributed by atoms with E-state index < -0.39 is 0 Å². The van der Waals surface area contributed by atoms with E-state index in [1.165, 1.54) is 4.88 Å². The molecular weight excluding hydrogens is 242 g/mol. The quantitative estimate of drug-likeness (QED) is 0.813. The molecule has 0 aliphatic rings. The Morgan fingerprint density at radius 2 is 2.00 bits per heavy atom. The van der Waals surface area contributed by atoms with Crippen molar-refractivity contribution >= 4 is 17.0 Å². The Balaban J connectivity index is 2.17. The molecule has 2 nitrogen and oxygen atoms in total. The van der Waals surface area contributed by atoms with Crippen molar-refractivity contribution in [3.8, 4) is 5.75 Å². The Labute approximate surface area is 113 Å². The SMILES string of the molecule is CCOc1ccccc1NC(CC)c1cccs1. The Morgan fingerprint density at radius 3 is 2.67 bits per heavy atom. The first-order chi connectivity index (χ1) is 8.85. The number of hydrogen-bond donors (Lipinski definition) is 1. The van der Waals surface area contributed by atoms with E-state index in [0.29, 0.717) is 12.6 Å². The highest BCUT2D eigenvalue weighted by Crippen LogP contribution is 2.31. The van der Waals surface area contributed by atoms with Gasteiger partial charge in [-0.05, 0) is 36.9 Å². The maximum Gasteiger partial charge on any atom is 0.142 e. The topological polar surface area (TPSA) is 21.3 Å². The Bertz CT molecular complexity index is 467. The van der Waals surface area contributed by atoms with Gasteiger partial charge in [0.2, 0.25) is 0 Å². The van der Waals surface area contributed by atoms with Gasteiger partial charge >= 0.3 is 0 Å². The smallest absolute Gasteiger partial charge is 0.142 e. The minimum Gasteiger partial charge on any atom is -0.492 e. The van der Waals surface area contributed by atoms with Crippen molar-refractivity contribution in [3.05, 3.63) is 46.7 Å². The summed E-state index contributed by atoms with van der Waals surface area (Å²) in [7, 11) is 0. The molecule has 0 radical (unpaired) electrons. The van der Waals surface area contributed by atoms with Gasteiger partial charge in [-0.15, -0.1) is 11.3 Å². The van der Waals surface area contributed by atoms with Crippen molar-refractivity contribution in [1.29, 1.82) is 0 Å². The van der Waals surface area contributed by atoms with E-state index in [-0.39, 0.29) is 0 Å². The molecule has 96 valence electrons. The first-order valence-corrected chi connectivity index (χ1v) is 7.24. The molecular formula is C15H19NOS. The van der Waals surface area contributed by atoms with Gasteiger partial charge in [-0.3, -0.25) is 0 Å². The highest BCUT2D eigenvalue weighted by molar-refractivity contribution is 7.10. The Morgan fingerprint density at radius 1 is 1.17 bits per heavy atom. The summed E-state index contributed by atoms with van der Waals surface area (Å²) in [4.78, 5) is 1.36. The fourth-order valence-corrected chi connectivity index (χ4v) is 2.78. The monoisotopic (exact) mass is 261 g/mol. The summed E-state index contributed by atoms with van der Waals surface area (Å²) < 4.78 is 5.64. The van der Waals surface area contributed by atoms with Crippen LogP contribution in [0.25, 0.3) is 0 Å². The lowest BCUT2D eigenvalue weighted by Gasteiger charge is -2.19. The molecule has 0 spiro atoms. The molecule has 0 bridgehead atoms. The molecule has 1 unspecified atom stereocenters. The number of benzene rings is 1. The summed E-state index contributed by atoms with van der Waals surface area (Å²) >= 11 is 1.79. The molecule has 1 aromatic carbocycles. The highest BCUT2D eigenvalue weighted by atomic mass is 32.1. The second kappa shape index (κ2) is 6.45. The molecule has 1 N–H and O–H groups in total. The van der Waals surface area contributed by atoms with Gasteiger partial charge in [-0.2, -0.15) is 0 Å². The summed E-state index contributed by atoms with van der Waals surface area (Å²) in [6.45, 7) is 4.89. The van der Waals surface area contributed by atoms with Crippen molar-refractivity contribution in [2.75, 3.05) is 11.9 Å². The Hall–Kier alpha value is -1.48. The minimum absolute atomic E-state index is 0.353. The molecule has 0 aliphatic carbocycles. The third-order valence-corrected chi connectivity index (χ3v) is 3.80. The van der Waals surface area contributed by atoms with E-state index in [1.807, 2.05) is 25.1 Å². The van der Waals surface area contributed by atoms with Crippen molar-refractivity contribution in [2.24, 2.45) is 0 Å². The molecule has 3 heteroatoms. The number of thiophene rings is 1. The second-order valence-corrected chi connectivity index (χ2v) is 5.03. The summed E-state index contributed by atoms with van der Waals surface area (Å²) in [6, 6.07) is 12.7. The van der Waals surface area contributed by atoms with Gasteiger partial charge in [0.05, 0.1) is 18.3 Å². The summed E-state index contributed by atoms with van der Waals surface area (Å²) in [6.07, 6.45) is 1.06. The van der Waals surface area contributed by atoms with E-state index in [0.717, 1.165) is 17.9 Å². The van der Waals surface area contributed by atoms with Crippen LogP contribution in [0.4, 0.5) is 5.69 Å². The molecule has 0 amide bonds. The molecule has 0 aliphatic heterocycles. The lowest BCUT2D eigenvalue weighted by Crippen LogP contribution is -2.09. The minimum atomic E-state index is 0.353. The summed E-state index contributed by atoms with van der Waals surface area (Å²) in [5.41, 5.74) is 1.07. The standard InChI is InChI=1S/C15H19NOS/c1-3-12(15-10-7-11-18-15)16-13-8-5-6-9-14(13)17-4-2/h5-12,16H,3-4H2,1-2H3. The molecule has 0 saturated heterocycles. The number of rotatable bonds is 6. The highest BCUT2D eigenvalue weighted by Gasteiger charge is 2.12. The van der Waals surface area contributed by atoms with E-state index in [9.17, 15) is 0 Å². The van der Waals surface area contributed by atoms with Crippen LogP contribution in [0.1, 0.15) is 31.2 Å². The predicted octanol–water partition coefficient (Wildman–Crippen LogP) is 4.71. The van der Waals surface area contributed by atoms with Gasteiger partial charge < -0.3 is 10.1 Å². The van der Waals surface area contributed by atoms with E-state index >= 15 is 0 Å². The molecule has 1 heterocycles. The van der Waals surface area contributed by atoms with Gasteiger partial charge in [0.25, 0.3) is 0 Å². The van der Waals surface area contributed by atoms with Crippen molar-refractivity contribution in [1.82, 2.24) is 0 Å². The van der Waals surface area contributed by atoms with Crippen molar-refractivity contribution in [2.45, 2.75) is 26.3 Å². The van der Waals surface area contributed by atoms with Crippen LogP contribution in [0.3, 0.4) is 0 Å². The molecule has 1 atom stereocenters. The zero-order valence-corrected chi connectivity index (χ0v) is 11.7. The molecule has 2 aromatic rings. The number of nitrogens with one attached hydrogen (secondary N) is 1. The first kappa shape index (κ1) is 13.0. The molecule has 2 rings (SSSR count). The van der Waals surface area contributed by atoms with Gasteiger partial charge in [0.1, 0.15) is 5.75 Å². The van der Waals surface area contributed by atoms with E-state index in [1.54, 1.807) is 11.3 Å². The van der Waals surface area contributed by atoms with E-state index in [4.69, 9.17) is 4.74 Å².